The second-order valence-corrected chi connectivity index (χ2v) is 4.75. The summed E-state index contributed by atoms with van der Waals surface area (Å²) in [6, 6.07) is 6.27. The van der Waals surface area contributed by atoms with Gasteiger partial charge in [-0.15, -0.1) is 0 Å². The van der Waals surface area contributed by atoms with Gasteiger partial charge in [-0.25, -0.2) is 0 Å². The highest BCUT2D eigenvalue weighted by molar-refractivity contribution is 5.43. The molecule has 1 unspecified atom stereocenters. The quantitative estimate of drug-likeness (QED) is 0.831. The van der Waals surface area contributed by atoms with Gasteiger partial charge in [0, 0.05) is 6.42 Å². The highest BCUT2D eigenvalue weighted by atomic mass is 16.5. The number of rotatable bonds is 7. The minimum Gasteiger partial charge on any atom is -0.496 e. The van der Waals surface area contributed by atoms with Crippen molar-refractivity contribution < 1.29 is 14.2 Å². The maximum Gasteiger partial charge on any atom is 0.160 e. The zero-order chi connectivity index (χ0) is 14.4. The van der Waals surface area contributed by atoms with Crippen LogP contribution in [-0.2, 0) is 11.2 Å². The molecule has 4 heteroatoms. The van der Waals surface area contributed by atoms with Crippen LogP contribution in [0.3, 0.4) is 0 Å². The van der Waals surface area contributed by atoms with E-state index < -0.39 is 0 Å². The van der Waals surface area contributed by atoms with Crippen molar-refractivity contribution in [2.75, 3.05) is 27.4 Å². The normalized spacial score (nSPS) is 15.4. The Labute approximate surface area is 120 Å². The lowest BCUT2D eigenvalue weighted by Crippen LogP contribution is -2.33. The highest BCUT2D eigenvalue weighted by Crippen LogP contribution is 2.28. The molecule has 1 aromatic carbocycles. The van der Waals surface area contributed by atoms with Crippen molar-refractivity contribution in [1.29, 1.82) is 0 Å². The van der Waals surface area contributed by atoms with Crippen LogP contribution in [0.1, 0.15) is 18.9 Å². The Morgan fingerprint density at radius 2 is 2.05 bits per heavy atom. The molecular weight excluding hydrogens is 254 g/mol. The standard InChI is InChI=1S/C16H23NO3/c1-4-17-13(14-6-5-9-20-14)10-12-7-8-15(18-2)16(11-12)19-3/h6-8,11,13,17H,4-5,9-10H2,1-3H3. The van der Waals surface area contributed by atoms with Crippen LogP contribution in [0.4, 0.5) is 0 Å². The fourth-order valence-electron chi connectivity index (χ4n) is 2.44. The molecule has 0 spiro atoms. The van der Waals surface area contributed by atoms with Crippen LogP contribution >= 0.6 is 0 Å². The molecule has 0 fully saturated rings. The second kappa shape index (κ2) is 7.20. The van der Waals surface area contributed by atoms with E-state index in [1.165, 1.54) is 5.56 Å². The predicted octanol–water partition coefficient (Wildman–Crippen LogP) is 2.53. The van der Waals surface area contributed by atoms with Crippen molar-refractivity contribution in [2.45, 2.75) is 25.8 Å². The van der Waals surface area contributed by atoms with Crippen molar-refractivity contribution in [3.63, 3.8) is 0 Å². The van der Waals surface area contributed by atoms with Gasteiger partial charge >= 0.3 is 0 Å². The van der Waals surface area contributed by atoms with Crippen LogP contribution in [0.2, 0.25) is 0 Å². The van der Waals surface area contributed by atoms with Crippen molar-refractivity contribution in [2.24, 2.45) is 0 Å². The van der Waals surface area contributed by atoms with Gasteiger partial charge in [-0.05, 0) is 36.7 Å². The molecule has 20 heavy (non-hydrogen) atoms. The van der Waals surface area contributed by atoms with Crippen molar-refractivity contribution >= 4 is 0 Å². The zero-order valence-electron chi connectivity index (χ0n) is 12.4. The van der Waals surface area contributed by atoms with Crippen molar-refractivity contribution in [1.82, 2.24) is 5.32 Å². The van der Waals surface area contributed by atoms with Gasteiger partial charge in [-0.3, -0.25) is 0 Å². The average molecular weight is 277 g/mol. The lowest BCUT2D eigenvalue weighted by atomic mass is 10.0. The Bertz CT molecular complexity index is 471. The molecule has 0 radical (unpaired) electrons. The third-order valence-electron chi connectivity index (χ3n) is 3.41. The molecule has 1 atom stereocenters. The summed E-state index contributed by atoms with van der Waals surface area (Å²) >= 11 is 0. The fourth-order valence-corrected chi connectivity index (χ4v) is 2.44. The lowest BCUT2D eigenvalue weighted by molar-refractivity contribution is 0.215. The summed E-state index contributed by atoms with van der Waals surface area (Å²) < 4.78 is 16.3. The molecule has 1 heterocycles. The first-order valence-electron chi connectivity index (χ1n) is 7.05. The van der Waals surface area contributed by atoms with E-state index in [2.05, 4.69) is 24.4 Å². The summed E-state index contributed by atoms with van der Waals surface area (Å²) in [5.41, 5.74) is 1.20. The summed E-state index contributed by atoms with van der Waals surface area (Å²) in [6.45, 7) is 3.82. The minimum absolute atomic E-state index is 0.223. The first kappa shape index (κ1) is 14.7. The van der Waals surface area contributed by atoms with Gasteiger partial charge in [0.2, 0.25) is 0 Å². The molecule has 0 saturated heterocycles. The Morgan fingerprint density at radius 3 is 2.65 bits per heavy atom. The summed E-state index contributed by atoms with van der Waals surface area (Å²) in [7, 11) is 3.31. The van der Waals surface area contributed by atoms with E-state index in [4.69, 9.17) is 14.2 Å². The molecule has 4 nitrogen and oxygen atoms in total. The topological polar surface area (TPSA) is 39.7 Å². The summed E-state index contributed by atoms with van der Waals surface area (Å²) in [5, 5.41) is 3.47. The van der Waals surface area contributed by atoms with Gasteiger partial charge in [0.05, 0.1) is 26.9 Å². The van der Waals surface area contributed by atoms with E-state index in [0.717, 1.165) is 43.3 Å². The van der Waals surface area contributed by atoms with Crippen LogP contribution in [0.25, 0.3) is 0 Å². The first-order chi connectivity index (χ1) is 9.78. The van der Waals surface area contributed by atoms with Crippen molar-refractivity contribution in [3.8, 4) is 11.5 Å². The molecule has 0 aromatic heterocycles. The monoisotopic (exact) mass is 277 g/mol. The van der Waals surface area contributed by atoms with E-state index in [1.807, 2.05) is 12.1 Å². The van der Waals surface area contributed by atoms with Gasteiger partial charge in [0.1, 0.15) is 5.76 Å². The minimum atomic E-state index is 0.223. The SMILES string of the molecule is CCNC(Cc1ccc(OC)c(OC)c1)C1=CCCO1. The van der Waals surface area contributed by atoms with Crippen LogP contribution in [0.5, 0.6) is 11.5 Å². The molecule has 110 valence electrons. The third-order valence-corrected chi connectivity index (χ3v) is 3.41. The maximum absolute atomic E-state index is 5.68. The number of ether oxygens (including phenoxy) is 3. The fraction of sp³-hybridized carbons (Fsp3) is 0.500. The number of benzene rings is 1. The van der Waals surface area contributed by atoms with Gasteiger partial charge in [-0.2, -0.15) is 0 Å². The number of likely N-dealkylation sites (N-methyl/N-ethyl adjacent to an activating group) is 1. The molecule has 0 saturated carbocycles. The van der Waals surface area contributed by atoms with E-state index in [-0.39, 0.29) is 6.04 Å². The third kappa shape index (κ3) is 3.45. The van der Waals surface area contributed by atoms with E-state index in [0.29, 0.717) is 0 Å². The van der Waals surface area contributed by atoms with E-state index >= 15 is 0 Å². The number of hydrogen-bond acceptors (Lipinski definition) is 4. The largest absolute Gasteiger partial charge is 0.496 e. The smallest absolute Gasteiger partial charge is 0.160 e. The Balaban J connectivity index is 2.13. The molecule has 1 aliphatic rings. The van der Waals surface area contributed by atoms with Gasteiger partial charge < -0.3 is 19.5 Å². The van der Waals surface area contributed by atoms with Crippen LogP contribution < -0.4 is 14.8 Å². The number of nitrogens with one attached hydrogen (secondary N) is 1. The van der Waals surface area contributed by atoms with E-state index in [1.54, 1.807) is 14.2 Å². The number of methoxy groups -OCH3 is 2. The van der Waals surface area contributed by atoms with Crippen LogP contribution in [0.15, 0.2) is 30.0 Å². The zero-order valence-corrected chi connectivity index (χ0v) is 12.4. The molecule has 1 aliphatic heterocycles. The van der Waals surface area contributed by atoms with Gasteiger partial charge in [-0.1, -0.05) is 13.0 Å². The predicted molar refractivity (Wildman–Crippen MR) is 79.4 cm³/mol. The Morgan fingerprint density at radius 1 is 1.25 bits per heavy atom. The van der Waals surface area contributed by atoms with Crippen LogP contribution in [-0.4, -0.2) is 33.4 Å². The van der Waals surface area contributed by atoms with Gasteiger partial charge in [0.25, 0.3) is 0 Å². The Hall–Kier alpha value is -1.68. The van der Waals surface area contributed by atoms with Gasteiger partial charge in [0.15, 0.2) is 11.5 Å². The van der Waals surface area contributed by atoms with Crippen molar-refractivity contribution in [3.05, 3.63) is 35.6 Å². The van der Waals surface area contributed by atoms with Crippen LogP contribution in [0, 0.1) is 0 Å². The lowest BCUT2D eigenvalue weighted by Gasteiger charge is -2.19. The van der Waals surface area contributed by atoms with E-state index in [9.17, 15) is 0 Å². The molecule has 0 bridgehead atoms. The molecular formula is C16H23NO3. The maximum atomic E-state index is 5.68. The first-order valence-corrected chi connectivity index (χ1v) is 7.05. The molecule has 1 N–H and O–H groups in total. The molecule has 2 rings (SSSR count). The average Bonchev–Trinajstić information content (AvgIpc) is 3.00. The Kier molecular flexibility index (Phi) is 5.30. The summed E-state index contributed by atoms with van der Waals surface area (Å²) in [4.78, 5) is 0. The molecule has 1 aromatic rings. The summed E-state index contributed by atoms with van der Waals surface area (Å²) in [5.74, 6) is 2.58. The molecule has 0 amide bonds. The highest BCUT2D eigenvalue weighted by Gasteiger charge is 2.19. The molecule has 0 aliphatic carbocycles. The second-order valence-electron chi connectivity index (χ2n) is 4.75. The number of hydrogen-bond donors (Lipinski definition) is 1. The summed E-state index contributed by atoms with van der Waals surface area (Å²) in [6.07, 6.45) is 4.05.